The van der Waals surface area contributed by atoms with Crippen molar-refractivity contribution in [2.75, 3.05) is 0 Å². The fourth-order valence-electron chi connectivity index (χ4n) is 3.54. The van der Waals surface area contributed by atoms with Crippen LogP contribution in [0.4, 0.5) is 0 Å². The standard InChI is InChI=1S/C20H16O/c1-13-11-14(12-21)5-9-17(13)18-10-8-16-7-6-15-3-2-4-19(18)20(15)16/h2-5,8-12H,6-7H2,1H3. The van der Waals surface area contributed by atoms with Gasteiger partial charge in [-0.05, 0) is 64.4 Å². The Balaban J connectivity index is 2.02. The molecule has 1 aliphatic rings. The van der Waals surface area contributed by atoms with Crippen LogP contribution in [0.15, 0.2) is 48.5 Å². The predicted molar refractivity (Wildman–Crippen MR) is 86.9 cm³/mol. The van der Waals surface area contributed by atoms with E-state index >= 15 is 0 Å². The molecule has 1 heteroatoms. The average molecular weight is 272 g/mol. The number of carbonyl (C=O) groups excluding carboxylic acids is 1. The van der Waals surface area contributed by atoms with E-state index < -0.39 is 0 Å². The summed E-state index contributed by atoms with van der Waals surface area (Å²) in [6.07, 6.45) is 3.21. The van der Waals surface area contributed by atoms with Gasteiger partial charge in [-0.15, -0.1) is 0 Å². The van der Waals surface area contributed by atoms with Crippen molar-refractivity contribution in [2.45, 2.75) is 19.8 Å². The third-order valence-electron chi connectivity index (χ3n) is 4.55. The number of carbonyl (C=O) groups is 1. The van der Waals surface area contributed by atoms with E-state index in [1.54, 1.807) is 0 Å². The van der Waals surface area contributed by atoms with Gasteiger partial charge in [0.25, 0.3) is 0 Å². The van der Waals surface area contributed by atoms with Crippen LogP contribution in [-0.2, 0) is 12.8 Å². The summed E-state index contributed by atoms with van der Waals surface area (Å²) in [5, 5.41) is 2.78. The van der Waals surface area contributed by atoms with Crippen molar-refractivity contribution in [3.05, 3.63) is 70.8 Å². The molecule has 4 rings (SSSR count). The van der Waals surface area contributed by atoms with Crippen molar-refractivity contribution in [2.24, 2.45) is 0 Å². The zero-order valence-corrected chi connectivity index (χ0v) is 12.0. The van der Waals surface area contributed by atoms with E-state index in [1.807, 2.05) is 12.1 Å². The monoisotopic (exact) mass is 272 g/mol. The summed E-state index contributed by atoms with van der Waals surface area (Å²) >= 11 is 0. The van der Waals surface area contributed by atoms with Gasteiger partial charge in [0.2, 0.25) is 0 Å². The fourth-order valence-corrected chi connectivity index (χ4v) is 3.54. The molecule has 3 aromatic rings. The Morgan fingerprint density at radius 3 is 2.43 bits per heavy atom. The van der Waals surface area contributed by atoms with E-state index in [1.165, 1.54) is 33.0 Å². The molecule has 102 valence electrons. The van der Waals surface area contributed by atoms with Crippen molar-refractivity contribution in [3.63, 3.8) is 0 Å². The van der Waals surface area contributed by atoms with Gasteiger partial charge in [0.05, 0.1) is 0 Å². The van der Waals surface area contributed by atoms with E-state index in [0.29, 0.717) is 0 Å². The summed E-state index contributed by atoms with van der Waals surface area (Å²) < 4.78 is 0. The Morgan fingerprint density at radius 2 is 1.67 bits per heavy atom. The predicted octanol–water partition coefficient (Wildman–Crippen LogP) is 4.73. The van der Waals surface area contributed by atoms with Gasteiger partial charge in [-0.1, -0.05) is 42.5 Å². The van der Waals surface area contributed by atoms with Crippen molar-refractivity contribution in [1.82, 2.24) is 0 Å². The van der Waals surface area contributed by atoms with Gasteiger partial charge in [-0.3, -0.25) is 4.79 Å². The van der Waals surface area contributed by atoms with Gasteiger partial charge < -0.3 is 0 Å². The van der Waals surface area contributed by atoms with E-state index in [2.05, 4.69) is 43.3 Å². The zero-order chi connectivity index (χ0) is 14.4. The van der Waals surface area contributed by atoms with E-state index in [-0.39, 0.29) is 0 Å². The van der Waals surface area contributed by atoms with Crippen LogP contribution >= 0.6 is 0 Å². The maximum Gasteiger partial charge on any atom is 0.150 e. The molecular formula is C20H16O. The Bertz CT molecular complexity index is 864. The molecule has 0 spiro atoms. The second-order valence-electron chi connectivity index (χ2n) is 5.80. The molecule has 0 saturated heterocycles. The van der Waals surface area contributed by atoms with Crippen molar-refractivity contribution in [3.8, 4) is 11.1 Å². The Hall–Kier alpha value is -2.41. The summed E-state index contributed by atoms with van der Waals surface area (Å²) in [7, 11) is 0. The number of hydrogen-bond acceptors (Lipinski definition) is 1. The Kier molecular flexibility index (Phi) is 2.68. The lowest BCUT2D eigenvalue weighted by Gasteiger charge is -2.12. The smallest absolute Gasteiger partial charge is 0.150 e. The van der Waals surface area contributed by atoms with Gasteiger partial charge in [0.15, 0.2) is 0 Å². The number of aldehydes is 1. The normalized spacial score (nSPS) is 12.8. The summed E-state index contributed by atoms with van der Waals surface area (Å²) in [5.41, 5.74) is 7.31. The molecule has 3 aromatic carbocycles. The largest absolute Gasteiger partial charge is 0.298 e. The molecular weight excluding hydrogens is 256 g/mol. The molecule has 0 amide bonds. The Morgan fingerprint density at radius 1 is 0.905 bits per heavy atom. The van der Waals surface area contributed by atoms with Crippen LogP contribution in [0.5, 0.6) is 0 Å². The van der Waals surface area contributed by atoms with Gasteiger partial charge >= 0.3 is 0 Å². The lowest BCUT2D eigenvalue weighted by molar-refractivity contribution is 0.112. The van der Waals surface area contributed by atoms with Crippen LogP contribution in [0.3, 0.4) is 0 Å². The highest BCUT2D eigenvalue weighted by molar-refractivity contribution is 6.02. The Labute approximate surface area is 124 Å². The molecule has 21 heavy (non-hydrogen) atoms. The molecule has 0 aromatic heterocycles. The maximum absolute atomic E-state index is 10.9. The first kappa shape index (κ1) is 12.3. The van der Waals surface area contributed by atoms with Crippen molar-refractivity contribution in [1.29, 1.82) is 0 Å². The quantitative estimate of drug-likeness (QED) is 0.616. The molecule has 1 aliphatic carbocycles. The van der Waals surface area contributed by atoms with Crippen LogP contribution in [0, 0.1) is 6.92 Å². The highest BCUT2D eigenvalue weighted by Gasteiger charge is 2.16. The van der Waals surface area contributed by atoms with Crippen molar-refractivity contribution >= 4 is 17.1 Å². The molecule has 0 saturated carbocycles. The van der Waals surface area contributed by atoms with Gasteiger partial charge in [0, 0.05) is 5.56 Å². The number of aryl methyl sites for hydroxylation is 3. The summed E-state index contributed by atoms with van der Waals surface area (Å²) in [4.78, 5) is 10.9. The highest BCUT2D eigenvalue weighted by Crippen LogP contribution is 2.38. The number of hydrogen-bond donors (Lipinski definition) is 0. The first-order valence-electron chi connectivity index (χ1n) is 7.37. The maximum atomic E-state index is 10.9. The molecule has 0 radical (unpaired) electrons. The van der Waals surface area contributed by atoms with E-state index in [4.69, 9.17) is 0 Å². The fraction of sp³-hybridized carbons (Fsp3) is 0.150. The SMILES string of the molecule is Cc1cc(C=O)ccc1-c1ccc2c3c(cccc13)CC2. The van der Waals surface area contributed by atoms with E-state index in [0.717, 1.165) is 30.3 Å². The highest BCUT2D eigenvalue weighted by atomic mass is 16.1. The van der Waals surface area contributed by atoms with Gasteiger partial charge in [-0.2, -0.15) is 0 Å². The minimum absolute atomic E-state index is 0.738. The van der Waals surface area contributed by atoms with Gasteiger partial charge in [0.1, 0.15) is 6.29 Å². The first-order valence-corrected chi connectivity index (χ1v) is 7.37. The summed E-state index contributed by atoms with van der Waals surface area (Å²) in [6, 6.07) is 17.0. The summed E-state index contributed by atoms with van der Waals surface area (Å²) in [5.74, 6) is 0. The number of benzene rings is 3. The molecule has 0 bridgehead atoms. The third kappa shape index (κ3) is 1.81. The van der Waals surface area contributed by atoms with Gasteiger partial charge in [-0.25, -0.2) is 0 Å². The van der Waals surface area contributed by atoms with Crippen molar-refractivity contribution < 1.29 is 4.79 Å². The topological polar surface area (TPSA) is 17.1 Å². The van der Waals surface area contributed by atoms with Crippen LogP contribution in [0.1, 0.15) is 27.0 Å². The molecule has 0 N–H and O–H groups in total. The molecule has 0 unspecified atom stereocenters. The lowest BCUT2D eigenvalue weighted by Crippen LogP contribution is -1.89. The first-order chi connectivity index (χ1) is 10.3. The third-order valence-corrected chi connectivity index (χ3v) is 4.55. The van der Waals surface area contributed by atoms with Crippen LogP contribution in [0.25, 0.3) is 21.9 Å². The second kappa shape index (κ2) is 4.56. The molecule has 0 heterocycles. The second-order valence-corrected chi connectivity index (χ2v) is 5.80. The summed E-state index contributed by atoms with van der Waals surface area (Å²) in [6.45, 7) is 2.07. The van der Waals surface area contributed by atoms with Crippen LogP contribution in [0.2, 0.25) is 0 Å². The molecule has 0 atom stereocenters. The average Bonchev–Trinajstić information content (AvgIpc) is 2.93. The van der Waals surface area contributed by atoms with E-state index in [9.17, 15) is 4.79 Å². The number of rotatable bonds is 2. The van der Waals surface area contributed by atoms with Crippen LogP contribution < -0.4 is 0 Å². The minimum atomic E-state index is 0.738. The minimum Gasteiger partial charge on any atom is -0.298 e. The molecule has 0 fully saturated rings. The lowest BCUT2D eigenvalue weighted by atomic mass is 9.92. The molecule has 0 aliphatic heterocycles. The molecule has 1 nitrogen and oxygen atoms in total. The van der Waals surface area contributed by atoms with Crippen LogP contribution in [-0.4, -0.2) is 6.29 Å². The zero-order valence-electron chi connectivity index (χ0n) is 12.0.